The Morgan fingerprint density at radius 1 is 1.64 bits per heavy atom. The van der Waals surface area contributed by atoms with Gasteiger partial charge in [-0.1, -0.05) is 0 Å². The van der Waals surface area contributed by atoms with Crippen molar-refractivity contribution in [3.05, 3.63) is 12.0 Å². The van der Waals surface area contributed by atoms with Crippen LogP contribution < -0.4 is 10.6 Å². The lowest BCUT2D eigenvalue weighted by molar-refractivity contribution is 0.569. The number of nitrogens with one attached hydrogen (secondary N) is 2. The van der Waals surface area contributed by atoms with Crippen LogP contribution in [-0.2, 0) is 6.54 Å². The summed E-state index contributed by atoms with van der Waals surface area (Å²) < 4.78 is 5.10. The summed E-state index contributed by atoms with van der Waals surface area (Å²) in [5.74, 6) is 0. The van der Waals surface area contributed by atoms with Crippen molar-refractivity contribution >= 4 is 6.01 Å². The van der Waals surface area contributed by atoms with Crippen LogP contribution in [0, 0.1) is 0 Å². The highest BCUT2D eigenvalue weighted by Gasteiger charge is 1.99. The maximum absolute atomic E-state index is 5.10. The third kappa shape index (κ3) is 2.23. The summed E-state index contributed by atoms with van der Waals surface area (Å²) in [6, 6.07) is 0.595. The van der Waals surface area contributed by atoms with E-state index in [4.69, 9.17) is 4.42 Å². The Balaban J connectivity index is 2.51. The van der Waals surface area contributed by atoms with Gasteiger partial charge in [0.05, 0.1) is 5.69 Å². The van der Waals surface area contributed by atoms with Crippen molar-refractivity contribution in [1.82, 2.24) is 10.3 Å². The lowest BCUT2D eigenvalue weighted by Gasteiger charge is -1.92. The Bertz CT molecular complexity index is 189. The molecule has 62 valence electrons. The molecule has 0 spiro atoms. The van der Waals surface area contributed by atoms with Crippen LogP contribution in [-0.4, -0.2) is 18.6 Å². The van der Waals surface area contributed by atoms with Crippen LogP contribution in [0.15, 0.2) is 10.7 Å². The largest absolute Gasteiger partial charge is 0.432 e. The van der Waals surface area contributed by atoms with E-state index >= 15 is 0 Å². The molecule has 0 unspecified atom stereocenters. The first-order valence-electron chi connectivity index (χ1n) is 3.69. The summed E-state index contributed by atoms with van der Waals surface area (Å²) in [6.07, 6.45) is 1.65. The molecule has 11 heavy (non-hydrogen) atoms. The average molecular weight is 155 g/mol. The Labute approximate surface area is 66.0 Å². The highest BCUT2D eigenvalue weighted by molar-refractivity contribution is 5.20. The first-order valence-corrected chi connectivity index (χ1v) is 3.69. The summed E-state index contributed by atoms with van der Waals surface area (Å²) >= 11 is 0. The van der Waals surface area contributed by atoms with E-state index in [1.165, 1.54) is 0 Å². The molecule has 0 bridgehead atoms. The van der Waals surface area contributed by atoms with Gasteiger partial charge in [0.25, 0.3) is 6.01 Å². The zero-order valence-electron chi connectivity index (χ0n) is 6.85. The van der Waals surface area contributed by atoms with Gasteiger partial charge in [0.2, 0.25) is 0 Å². The second-order valence-corrected chi connectivity index (χ2v) is 2.20. The van der Waals surface area contributed by atoms with Gasteiger partial charge in [-0.3, -0.25) is 0 Å². The fourth-order valence-corrected chi connectivity index (χ4v) is 0.802. The fraction of sp³-hybridized carbons (Fsp3) is 0.571. The molecule has 1 aromatic rings. The van der Waals surface area contributed by atoms with Crippen molar-refractivity contribution in [2.24, 2.45) is 0 Å². The minimum atomic E-state index is 0.595. The molecule has 1 rings (SSSR count). The predicted octanol–water partition coefficient (Wildman–Crippen LogP) is 0.826. The lowest BCUT2D eigenvalue weighted by Crippen LogP contribution is -2.05. The summed E-state index contributed by atoms with van der Waals surface area (Å²) in [7, 11) is 1.88. The molecule has 0 radical (unpaired) electrons. The molecule has 0 aromatic carbocycles. The summed E-state index contributed by atoms with van der Waals surface area (Å²) in [4.78, 5) is 4.15. The van der Waals surface area contributed by atoms with Crippen LogP contribution in [0.5, 0.6) is 0 Å². The molecule has 0 aliphatic heterocycles. The van der Waals surface area contributed by atoms with Crippen LogP contribution >= 0.6 is 0 Å². The Morgan fingerprint density at radius 2 is 2.45 bits per heavy atom. The number of nitrogens with zero attached hydrogens (tertiary/aromatic N) is 1. The number of hydrogen-bond donors (Lipinski definition) is 2. The van der Waals surface area contributed by atoms with Gasteiger partial charge < -0.3 is 15.1 Å². The first-order chi connectivity index (χ1) is 5.36. The molecular formula is C7H13N3O. The van der Waals surface area contributed by atoms with E-state index in [0.29, 0.717) is 6.01 Å². The number of hydrogen-bond acceptors (Lipinski definition) is 4. The van der Waals surface area contributed by atoms with Gasteiger partial charge in [0, 0.05) is 13.1 Å². The van der Waals surface area contributed by atoms with Crippen molar-refractivity contribution in [2.75, 3.05) is 18.9 Å². The Kier molecular flexibility index (Phi) is 2.92. The Morgan fingerprint density at radius 3 is 3.09 bits per heavy atom. The molecule has 0 fully saturated rings. The van der Waals surface area contributed by atoms with Crippen LogP contribution in [0.2, 0.25) is 0 Å². The summed E-state index contributed by atoms with van der Waals surface area (Å²) in [5, 5.41) is 5.97. The van der Waals surface area contributed by atoms with Crippen LogP contribution in [0.4, 0.5) is 6.01 Å². The monoisotopic (exact) mass is 155 g/mol. The van der Waals surface area contributed by atoms with Gasteiger partial charge in [0.15, 0.2) is 0 Å². The van der Waals surface area contributed by atoms with Crippen LogP contribution in [0.25, 0.3) is 0 Å². The maximum atomic E-state index is 5.10. The standard InChI is InChI=1S/C7H13N3O/c1-3-9-7-10-6(4-8-2)5-11-7/h5,8H,3-4H2,1-2H3,(H,9,10). The fourth-order valence-electron chi connectivity index (χ4n) is 0.802. The summed E-state index contributed by atoms with van der Waals surface area (Å²) in [6.45, 7) is 3.58. The number of anilines is 1. The van der Waals surface area contributed by atoms with Gasteiger partial charge in [-0.15, -0.1) is 0 Å². The van der Waals surface area contributed by atoms with Gasteiger partial charge in [-0.05, 0) is 14.0 Å². The highest BCUT2D eigenvalue weighted by atomic mass is 16.4. The van der Waals surface area contributed by atoms with Crippen molar-refractivity contribution in [3.8, 4) is 0 Å². The van der Waals surface area contributed by atoms with Crippen LogP contribution in [0.1, 0.15) is 12.6 Å². The molecule has 1 aromatic heterocycles. The summed E-state index contributed by atoms with van der Waals surface area (Å²) in [5.41, 5.74) is 0.920. The molecule has 0 saturated heterocycles. The molecule has 0 atom stereocenters. The highest BCUT2D eigenvalue weighted by Crippen LogP contribution is 2.05. The normalized spacial score (nSPS) is 10.0. The zero-order valence-corrected chi connectivity index (χ0v) is 6.85. The van der Waals surface area contributed by atoms with E-state index in [1.807, 2.05) is 14.0 Å². The van der Waals surface area contributed by atoms with Gasteiger partial charge in [-0.25, -0.2) is 0 Å². The molecule has 2 N–H and O–H groups in total. The smallest absolute Gasteiger partial charge is 0.294 e. The second-order valence-electron chi connectivity index (χ2n) is 2.20. The van der Waals surface area contributed by atoms with E-state index in [9.17, 15) is 0 Å². The van der Waals surface area contributed by atoms with Crippen molar-refractivity contribution in [1.29, 1.82) is 0 Å². The quantitative estimate of drug-likeness (QED) is 0.676. The molecule has 0 aliphatic rings. The predicted molar refractivity (Wildman–Crippen MR) is 43.4 cm³/mol. The molecular weight excluding hydrogens is 142 g/mol. The first kappa shape index (κ1) is 8.07. The SMILES string of the molecule is CCNc1nc(CNC)co1. The minimum absolute atomic E-state index is 0.595. The number of oxazole rings is 1. The van der Waals surface area contributed by atoms with E-state index < -0.39 is 0 Å². The topological polar surface area (TPSA) is 50.1 Å². The van der Waals surface area contributed by atoms with Crippen LogP contribution in [0.3, 0.4) is 0 Å². The third-order valence-corrected chi connectivity index (χ3v) is 1.24. The molecule has 4 nitrogen and oxygen atoms in total. The van der Waals surface area contributed by atoms with E-state index in [-0.39, 0.29) is 0 Å². The van der Waals surface area contributed by atoms with Gasteiger partial charge in [0.1, 0.15) is 6.26 Å². The number of rotatable bonds is 4. The second kappa shape index (κ2) is 3.98. The van der Waals surface area contributed by atoms with E-state index in [2.05, 4.69) is 15.6 Å². The maximum Gasteiger partial charge on any atom is 0.294 e. The zero-order chi connectivity index (χ0) is 8.10. The average Bonchev–Trinajstić information content (AvgIpc) is 2.38. The molecule has 0 amide bonds. The van der Waals surface area contributed by atoms with Crippen molar-refractivity contribution in [2.45, 2.75) is 13.5 Å². The van der Waals surface area contributed by atoms with E-state index in [1.54, 1.807) is 6.26 Å². The molecule has 0 aliphatic carbocycles. The van der Waals surface area contributed by atoms with Gasteiger partial charge in [-0.2, -0.15) is 4.98 Å². The van der Waals surface area contributed by atoms with E-state index in [0.717, 1.165) is 18.8 Å². The van der Waals surface area contributed by atoms with Gasteiger partial charge >= 0.3 is 0 Å². The molecule has 1 heterocycles. The lowest BCUT2D eigenvalue weighted by atomic mass is 10.5. The minimum Gasteiger partial charge on any atom is -0.432 e. The molecule has 4 heteroatoms. The third-order valence-electron chi connectivity index (χ3n) is 1.24. The van der Waals surface area contributed by atoms with Crippen molar-refractivity contribution in [3.63, 3.8) is 0 Å². The Hall–Kier alpha value is -1.03. The molecule has 0 saturated carbocycles. The number of aromatic nitrogens is 1. The van der Waals surface area contributed by atoms with Crippen molar-refractivity contribution < 1.29 is 4.42 Å².